The lowest BCUT2D eigenvalue weighted by atomic mass is 10.2. The number of halogens is 1. The number of aryl methyl sites for hydroxylation is 1. The van der Waals surface area contributed by atoms with E-state index in [2.05, 4.69) is 21.2 Å². The highest BCUT2D eigenvalue weighted by Gasteiger charge is 2.06. The number of hydrogen-bond donors (Lipinski definition) is 1. The number of nitrogens with one attached hydrogen (secondary N) is 1. The van der Waals surface area contributed by atoms with E-state index in [1.54, 1.807) is 0 Å². The van der Waals surface area contributed by atoms with Gasteiger partial charge in [0.2, 0.25) is 0 Å². The van der Waals surface area contributed by atoms with Gasteiger partial charge in [-0.25, -0.2) is 4.79 Å². The monoisotopic (exact) mass is 319 g/mol. The second-order valence-electron chi connectivity index (χ2n) is 4.17. The first-order valence-corrected chi connectivity index (χ1v) is 6.68. The van der Waals surface area contributed by atoms with Gasteiger partial charge in [-0.15, -0.1) is 0 Å². The fourth-order valence-electron chi connectivity index (χ4n) is 1.60. The molecule has 2 aromatic carbocycles. The van der Waals surface area contributed by atoms with E-state index in [4.69, 9.17) is 4.74 Å². The minimum atomic E-state index is -0.463. The Kier molecular flexibility index (Phi) is 4.58. The molecular weight excluding hydrogens is 306 g/mol. The zero-order valence-electron chi connectivity index (χ0n) is 10.5. The van der Waals surface area contributed by atoms with Gasteiger partial charge in [-0.05, 0) is 46.1 Å². The molecule has 0 heterocycles. The molecule has 0 spiro atoms. The molecule has 0 fully saturated rings. The second kappa shape index (κ2) is 6.38. The number of hydrogen-bond acceptors (Lipinski definition) is 2. The zero-order valence-corrected chi connectivity index (χ0v) is 12.1. The summed E-state index contributed by atoms with van der Waals surface area (Å²) < 4.78 is 5.98. The number of benzene rings is 2. The van der Waals surface area contributed by atoms with Crippen LogP contribution in [0.25, 0.3) is 0 Å². The summed E-state index contributed by atoms with van der Waals surface area (Å²) in [6, 6.07) is 15.3. The Labute approximate surface area is 120 Å². The Morgan fingerprint density at radius 3 is 2.68 bits per heavy atom. The van der Waals surface area contributed by atoms with Crippen molar-refractivity contribution in [1.29, 1.82) is 0 Å². The van der Waals surface area contributed by atoms with Gasteiger partial charge >= 0.3 is 6.09 Å². The van der Waals surface area contributed by atoms with Gasteiger partial charge in [-0.1, -0.05) is 36.4 Å². The maximum Gasteiger partial charge on any atom is 0.411 e. The van der Waals surface area contributed by atoms with Gasteiger partial charge in [0.1, 0.15) is 6.61 Å². The van der Waals surface area contributed by atoms with E-state index in [1.165, 1.54) is 0 Å². The van der Waals surface area contributed by atoms with E-state index in [-0.39, 0.29) is 6.61 Å². The molecule has 0 aromatic heterocycles. The summed E-state index contributed by atoms with van der Waals surface area (Å²) in [5, 5.41) is 2.71. The number of rotatable bonds is 3. The molecule has 0 unspecified atom stereocenters. The molecule has 2 aromatic rings. The normalized spacial score (nSPS) is 10.0. The molecule has 0 aliphatic carbocycles. The van der Waals surface area contributed by atoms with Crippen molar-refractivity contribution >= 4 is 27.7 Å². The molecule has 0 aliphatic rings. The Hall–Kier alpha value is -1.81. The number of carbonyl (C=O) groups is 1. The van der Waals surface area contributed by atoms with E-state index in [0.717, 1.165) is 15.6 Å². The van der Waals surface area contributed by atoms with E-state index >= 15 is 0 Å². The van der Waals surface area contributed by atoms with E-state index in [1.807, 2.05) is 55.5 Å². The third-order valence-corrected chi connectivity index (χ3v) is 3.26. The number of carbonyl (C=O) groups excluding carboxylic acids is 1. The smallest absolute Gasteiger partial charge is 0.411 e. The molecule has 0 saturated heterocycles. The SMILES string of the molecule is Cc1ccc(Br)c(NC(=O)OCc2ccccc2)c1. The van der Waals surface area contributed by atoms with Crippen molar-refractivity contribution < 1.29 is 9.53 Å². The lowest BCUT2D eigenvalue weighted by Crippen LogP contribution is -2.13. The van der Waals surface area contributed by atoms with Crippen molar-refractivity contribution in [2.75, 3.05) is 5.32 Å². The fourth-order valence-corrected chi connectivity index (χ4v) is 1.95. The topological polar surface area (TPSA) is 38.3 Å². The number of anilines is 1. The minimum Gasteiger partial charge on any atom is -0.444 e. The van der Waals surface area contributed by atoms with Crippen LogP contribution in [0.3, 0.4) is 0 Å². The van der Waals surface area contributed by atoms with Crippen molar-refractivity contribution in [1.82, 2.24) is 0 Å². The highest BCUT2D eigenvalue weighted by molar-refractivity contribution is 9.10. The van der Waals surface area contributed by atoms with Crippen molar-refractivity contribution in [2.24, 2.45) is 0 Å². The average molecular weight is 320 g/mol. The molecule has 19 heavy (non-hydrogen) atoms. The lowest BCUT2D eigenvalue weighted by molar-refractivity contribution is 0.155. The molecule has 0 bridgehead atoms. The van der Waals surface area contributed by atoms with E-state index in [0.29, 0.717) is 5.69 Å². The summed E-state index contributed by atoms with van der Waals surface area (Å²) >= 11 is 3.38. The van der Waals surface area contributed by atoms with Crippen LogP contribution in [0.4, 0.5) is 10.5 Å². The van der Waals surface area contributed by atoms with Crippen LogP contribution in [-0.2, 0) is 11.3 Å². The first kappa shape index (κ1) is 13.6. The summed E-state index contributed by atoms with van der Waals surface area (Å²) in [7, 11) is 0. The quantitative estimate of drug-likeness (QED) is 0.904. The summed E-state index contributed by atoms with van der Waals surface area (Å²) in [5.74, 6) is 0. The third-order valence-electron chi connectivity index (χ3n) is 2.57. The van der Waals surface area contributed by atoms with Crippen LogP contribution in [-0.4, -0.2) is 6.09 Å². The van der Waals surface area contributed by atoms with Gasteiger partial charge in [0.15, 0.2) is 0 Å². The van der Waals surface area contributed by atoms with Crippen molar-refractivity contribution in [3.05, 3.63) is 64.1 Å². The second-order valence-corrected chi connectivity index (χ2v) is 5.02. The van der Waals surface area contributed by atoms with Gasteiger partial charge in [-0.2, -0.15) is 0 Å². The van der Waals surface area contributed by atoms with Crippen LogP contribution >= 0.6 is 15.9 Å². The van der Waals surface area contributed by atoms with E-state index < -0.39 is 6.09 Å². The van der Waals surface area contributed by atoms with Gasteiger partial charge in [0.25, 0.3) is 0 Å². The Morgan fingerprint density at radius 2 is 1.95 bits per heavy atom. The van der Waals surface area contributed by atoms with Crippen LogP contribution < -0.4 is 5.32 Å². The van der Waals surface area contributed by atoms with Crippen LogP contribution in [0.2, 0.25) is 0 Å². The molecule has 0 radical (unpaired) electrons. The number of ether oxygens (including phenoxy) is 1. The Morgan fingerprint density at radius 1 is 1.21 bits per heavy atom. The molecule has 0 atom stereocenters. The molecule has 0 aliphatic heterocycles. The first-order chi connectivity index (χ1) is 9.15. The summed E-state index contributed by atoms with van der Waals surface area (Å²) in [5.41, 5.74) is 2.74. The summed E-state index contributed by atoms with van der Waals surface area (Å²) in [6.07, 6.45) is -0.463. The van der Waals surface area contributed by atoms with Gasteiger partial charge < -0.3 is 4.74 Å². The highest BCUT2D eigenvalue weighted by atomic mass is 79.9. The van der Waals surface area contributed by atoms with E-state index in [9.17, 15) is 4.79 Å². The maximum atomic E-state index is 11.7. The van der Waals surface area contributed by atoms with Crippen LogP contribution in [0, 0.1) is 6.92 Å². The fraction of sp³-hybridized carbons (Fsp3) is 0.133. The molecular formula is C15H14BrNO2. The Bertz CT molecular complexity index is 570. The maximum absolute atomic E-state index is 11.7. The predicted octanol–water partition coefficient (Wildman–Crippen LogP) is 4.51. The van der Waals surface area contributed by atoms with Crippen LogP contribution in [0.1, 0.15) is 11.1 Å². The lowest BCUT2D eigenvalue weighted by Gasteiger charge is -2.09. The molecule has 3 nitrogen and oxygen atoms in total. The van der Waals surface area contributed by atoms with Crippen molar-refractivity contribution in [2.45, 2.75) is 13.5 Å². The highest BCUT2D eigenvalue weighted by Crippen LogP contribution is 2.23. The molecule has 0 saturated carbocycles. The van der Waals surface area contributed by atoms with Crippen LogP contribution in [0.5, 0.6) is 0 Å². The van der Waals surface area contributed by atoms with Gasteiger partial charge in [0, 0.05) is 4.47 Å². The van der Waals surface area contributed by atoms with Crippen molar-refractivity contribution in [3.8, 4) is 0 Å². The number of amides is 1. The first-order valence-electron chi connectivity index (χ1n) is 5.89. The Balaban J connectivity index is 1.93. The average Bonchev–Trinajstić information content (AvgIpc) is 2.42. The molecule has 4 heteroatoms. The zero-order chi connectivity index (χ0) is 13.7. The third kappa shape index (κ3) is 4.10. The minimum absolute atomic E-state index is 0.260. The summed E-state index contributed by atoms with van der Waals surface area (Å²) in [4.78, 5) is 11.7. The molecule has 98 valence electrons. The molecule has 1 amide bonds. The summed E-state index contributed by atoms with van der Waals surface area (Å²) in [6.45, 7) is 2.23. The van der Waals surface area contributed by atoms with Gasteiger partial charge in [-0.3, -0.25) is 5.32 Å². The predicted molar refractivity (Wildman–Crippen MR) is 79.1 cm³/mol. The van der Waals surface area contributed by atoms with Gasteiger partial charge in [0.05, 0.1) is 5.69 Å². The van der Waals surface area contributed by atoms with Crippen molar-refractivity contribution in [3.63, 3.8) is 0 Å². The van der Waals surface area contributed by atoms with Crippen LogP contribution in [0.15, 0.2) is 53.0 Å². The largest absolute Gasteiger partial charge is 0.444 e. The molecule has 2 rings (SSSR count). The molecule has 1 N–H and O–H groups in total. The standard InChI is InChI=1S/C15H14BrNO2/c1-11-7-8-13(16)14(9-11)17-15(18)19-10-12-5-3-2-4-6-12/h2-9H,10H2,1H3,(H,17,18).